The first kappa shape index (κ1) is 20.9. The number of esters is 1. The Kier molecular flexibility index (Phi) is 9.27. The number of sulfonamides is 1. The number of hydrogen-bond acceptors (Lipinski definition) is 5. The lowest BCUT2D eigenvalue weighted by Crippen LogP contribution is -2.39. The van der Waals surface area contributed by atoms with Crippen LogP contribution in [0.2, 0.25) is 0 Å². The van der Waals surface area contributed by atoms with E-state index in [4.69, 9.17) is 0 Å². The van der Waals surface area contributed by atoms with Crippen molar-refractivity contribution < 1.29 is 17.9 Å². The molecule has 126 valence electrons. The Morgan fingerprint density at radius 2 is 1.95 bits per heavy atom. The van der Waals surface area contributed by atoms with Crippen molar-refractivity contribution in [1.29, 1.82) is 0 Å². The number of ether oxygens (including phenoxy) is 1. The van der Waals surface area contributed by atoms with Crippen molar-refractivity contribution >= 4 is 28.4 Å². The maximum Gasteiger partial charge on any atom is 0.338 e. The number of methoxy groups -OCH3 is 1. The van der Waals surface area contributed by atoms with Crippen LogP contribution >= 0.6 is 12.4 Å². The van der Waals surface area contributed by atoms with Gasteiger partial charge in [-0.05, 0) is 25.1 Å². The average molecular weight is 351 g/mol. The van der Waals surface area contributed by atoms with Crippen LogP contribution in [0.4, 0.5) is 0 Å². The molecule has 0 aliphatic heterocycles. The minimum absolute atomic E-state index is 0. The van der Waals surface area contributed by atoms with Crippen LogP contribution in [0.15, 0.2) is 24.3 Å². The molecule has 0 aliphatic rings. The maximum absolute atomic E-state index is 12.1. The Bertz CT molecular complexity index is 578. The zero-order chi connectivity index (χ0) is 15.9. The molecule has 0 spiro atoms. The van der Waals surface area contributed by atoms with Gasteiger partial charge in [-0.25, -0.2) is 17.9 Å². The van der Waals surface area contributed by atoms with E-state index in [1.165, 1.54) is 7.11 Å². The van der Waals surface area contributed by atoms with Crippen LogP contribution in [0, 0.1) is 0 Å². The largest absolute Gasteiger partial charge is 0.465 e. The van der Waals surface area contributed by atoms with Gasteiger partial charge in [0.25, 0.3) is 0 Å². The number of benzene rings is 1. The monoisotopic (exact) mass is 350 g/mol. The van der Waals surface area contributed by atoms with Gasteiger partial charge in [0.05, 0.1) is 18.4 Å². The van der Waals surface area contributed by atoms with E-state index in [1.54, 1.807) is 24.3 Å². The summed E-state index contributed by atoms with van der Waals surface area (Å²) in [6.07, 6.45) is 0. The summed E-state index contributed by atoms with van der Waals surface area (Å²) < 4.78 is 31.4. The van der Waals surface area contributed by atoms with Gasteiger partial charge in [0.15, 0.2) is 0 Å². The van der Waals surface area contributed by atoms with Gasteiger partial charge in [-0.3, -0.25) is 0 Å². The molecular weight excluding hydrogens is 328 g/mol. The molecule has 6 nitrogen and oxygen atoms in total. The van der Waals surface area contributed by atoms with E-state index in [0.717, 1.165) is 6.54 Å². The summed E-state index contributed by atoms with van der Waals surface area (Å²) in [5, 5.41) is 3.12. The normalized spacial score (nSPS) is 12.3. The number of nitrogens with one attached hydrogen (secondary N) is 2. The summed E-state index contributed by atoms with van der Waals surface area (Å²) in [4.78, 5) is 11.6. The molecule has 0 radical (unpaired) electrons. The van der Waals surface area contributed by atoms with Gasteiger partial charge in [-0.15, -0.1) is 12.4 Å². The van der Waals surface area contributed by atoms with Crippen molar-refractivity contribution in [3.63, 3.8) is 0 Å². The smallest absolute Gasteiger partial charge is 0.338 e. The third kappa shape index (κ3) is 6.74. The molecule has 0 saturated heterocycles. The van der Waals surface area contributed by atoms with Crippen LogP contribution < -0.4 is 10.0 Å². The van der Waals surface area contributed by atoms with E-state index < -0.39 is 16.0 Å². The SMILES string of the molecule is CCN[C@H](C)CNS(=O)(=O)Cc1ccccc1C(=O)OC.Cl. The third-order valence-corrected chi connectivity index (χ3v) is 4.23. The number of rotatable bonds is 8. The zero-order valence-electron chi connectivity index (χ0n) is 13.0. The first-order chi connectivity index (χ1) is 9.89. The zero-order valence-corrected chi connectivity index (χ0v) is 14.6. The highest BCUT2D eigenvalue weighted by molar-refractivity contribution is 7.88. The molecule has 2 N–H and O–H groups in total. The van der Waals surface area contributed by atoms with Gasteiger partial charge in [-0.1, -0.05) is 25.1 Å². The first-order valence-electron chi connectivity index (χ1n) is 6.76. The summed E-state index contributed by atoms with van der Waals surface area (Å²) in [5.74, 6) is -0.793. The fourth-order valence-electron chi connectivity index (χ4n) is 1.88. The second-order valence-corrected chi connectivity index (χ2v) is 6.52. The third-order valence-electron chi connectivity index (χ3n) is 2.93. The lowest BCUT2D eigenvalue weighted by molar-refractivity contribution is 0.0600. The predicted octanol–water partition coefficient (Wildman–Crippen LogP) is 1.31. The lowest BCUT2D eigenvalue weighted by Gasteiger charge is -2.14. The highest BCUT2D eigenvalue weighted by Crippen LogP contribution is 2.13. The fourth-order valence-corrected chi connectivity index (χ4v) is 3.15. The van der Waals surface area contributed by atoms with Gasteiger partial charge in [-0.2, -0.15) is 0 Å². The lowest BCUT2D eigenvalue weighted by atomic mass is 10.1. The molecule has 22 heavy (non-hydrogen) atoms. The van der Waals surface area contributed by atoms with Gasteiger partial charge in [0, 0.05) is 12.6 Å². The molecule has 1 rings (SSSR count). The van der Waals surface area contributed by atoms with Crippen molar-refractivity contribution in [3.8, 4) is 0 Å². The molecule has 0 aliphatic carbocycles. The first-order valence-corrected chi connectivity index (χ1v) is 8.41. The van der Waals surface area contributed by atoms with E-state index in [1.807, 2.05) is 13.8 Å². The maximum atomic E-state index is 12.1. The Morgan fingerprint density at radius 3 is 2.55 bits per heavy atom. The number of likely N-dealkylation sites (N-methyl/N-ethyl adjacent to an activating group) is 1. The quantitative estimate of drug-likeness (QED) is 0.691. The fraction of sp³-hybridized carbons (Fsp3) is 0.500. The van der Waals surface area contributed by atoms with E-state index in [9.17, 15) is 13.2 Å². The van der Waals surface area contributed by atoms with E-state index >= 15 is 0 Å². The van der Waals surface area contributed by atoms with Gasteiger partial charge in [0.2, 0.25) is 10.0 Å². The molecule has 0 aromatic heterocycles. The predicted molar refractivity (Wildman–Crippen MR) is 88.8 cm³/mol. The van der Waals surface area contributed by atoms with E-state index in [0.29, 0.717) is 12.1 Å². The summed E-state index contributed by atoms with van der Waals surface area (Å²) in [6, 6.07) is 6.57. The second-order valence-electron chi connectivity index (χ2n) is 4.72. The van der Waals surface area contributed by atoms with Crippen LogP contribution in [0.1, 0.15) is 29.8 Å². The van der Waals surface area contributed by atoms with E-state index in [2.05, 4.69) is 14.8 Å². The number of hydrogen-bond donors (Lipinski definition) is 2. The second kappa shape index (κ2) is 9.78. The molecule has 0 bridgehead atoms. The van der Waals surface area contributed by atoms with E-state index in [-0.39, 0.29) is 29.8 Å². The van der Waals surface area contributed by atoms with Crippen LogP contribution in [0.3, 0.4) is 0 Å². The highest BCUT2D eigenvalue weighted by atomic mass is 35.5. The highest BCUT2D eigenvalue weighted by Gasteiger charge is 2.18. The summed E-state index contributed by atoms with van der Waals surface area (Å²) in [6.45, 7) is 4.93. The standard InChI is InChI=1S/C14H22N2O4S.ClH/c1-4-15-11(2)9-16-21(18,19)10-12-7-5-6-8-13(12)14(17)20-3;/h5-8,11,15-16H,4,9-10H2,1-3H3;1H/t11-;/m1./s1. The van der Waals surface area contributed by atoms with Crippen molar-refractivity contribution in [2.75, 3.05) is 20.2 Å². The van der Waals surface area contributed by atoms with Crippen LogP contribution in [-0.4, -0.2) is 40.6 Å². The molecule has 8 heteroatoms. The van der Waals surface area contributed by atoms with Gasteiger partial charge >= 0.3 is 5.97 Å². The minimum atomic E-state index is -3.51. The number of halogens is 1. The summed E-state index contributed by atoms with van der Waals surface area (Å²) >= 11 is 0. The topological polar surface area (TPSA) is 84.5 Å². The summed E-state index contributed by atoms with van der Waals surface area (Å²) in [5.41, 5.74) is 0.693. The molecule has 0 saturated carbocycles. The molecular formula is C14H23ClN2O4S. The molecule has 0 fully saturated rings. The van der Waals surface area contributed by atoms with Crippen LogP contribution in [0.25, 0.3) is 0 Å². The Labute approximate surface area is 138 Å². The van der Waals surface area contributed by atoms with Crippen LogP contribution in [-0.2, 0) is 20.5 Å². The molecule has 0 unspecified atom stereocenters. The minimum Gasteiger partial charge on any atom is -0.465 e. The number of carbonyl (C=O) groups is 1. The molecule has 1 aromatic rings. The summed E-state index contributed by atoms with van der Waals surface area (Å²) in [7, 11) is -2.24. The van der Waals surface area contributed by atoms with Crippen molar-refractivity contribution in [3.05, 3.63) is 35.4 Å². The molecule has 1 atom stereocenters. The Balaban J connectivity index is 0.00000441. The van der Waals surface area contributed by atoms with Gasteiger partial charge < -0.3 is 10.1 Å². The van der Waals surface area contributed by atoms with Crippen molar-refractivity contribution in [1.82, 2.24) is 10.0 Å². The number of carbonyl (C=O) groups excluding carboxylic acids is 1. The van der Waals surface area contributed by atoms with Crippen molar-refractivity contribution in [2.45, 2.75) is 25.6 Å². The molecule has 0 amide bonds. The molecule has 1 aromatic carbocycles. The average Bonchev–Trinajstić information content (AvgIpc) is 2.45. The molecule has 0 heterocycles. The Hall–Kier alpha value is -1.15. The van der Waals surface area contributed by atoms with Crippen molar-refractivity contribution in [2.24, 2.45) is 0 Å². The van der Waals surface area contributed by atoms with Gasteiger partial charge in [0.1, 0.15) is 0 Å². The Morgan fingerprint density at radius 1 is 1.32 bits per heavy atom. The van der Waals surface area contributed by atoms with Crippen LogP contribution in [0.5, 0.6) is 0 Å².